The average Bonchev–Trinajstić information content (AvgIpc) is 3.01. The first-order chi connectivity index (χ1) is 8.35. The Balaban J connectivity index is 1.69. The predicted molar refractivity (Wildman–Crippen MR) is 64.8 cm³/mol. The van der Waals surface area contributed by atoms with Crippen molar-refractivity contribution in [3.05, 3.63) is 29.4 Å². The quantitative estimate of drug-likeness (QED) is 0.722. The van der Waals surface area contributed by atoms with Gasteiger partial charge in [0.1, 0.15) is 0 Å². The van der Waals surface area contributed by atoms with Crippen LogP contribution in [0.5, 0.6) is 0 Å². The third-order valence-electron chi connectivity index (χ3n) is 2.11. The van der Waals surface area contributed by atoms with Crippen molar-refractivity contribution in [2.75, 3.05) is 0 Å². The maximum atomic E-state index is 5.39. The van der Waals surface area contributed by atoms with Gasteiger partial charge in [0.15, 0.2) is 4.96 Å². The minimum atomic E-state index is 0.272. The van der Waals surface area contributed by atoms with E-state index >= 15 is 0 Å². The molecule has 3 rings (SSSR count). The average molecular weight is 267 g/mol. The van der Waals surface area contributed by atoms with Gasteiger partial charge in [0.2, 0.25) is 5.89 Å². The molecule has 17 heavy (non-hydrogen) atoms. The number of aromatic nitrogens is 4. The lowest BCUT2D eigenvalue weighted by atomic mass is 10.6. The van der Waals surface area contributed by atoms with E-state index in [9.17, 15) is 0 Å². The molecule has 0 atom stereocenters. The molecule has 3 heterocycles. The second kappa shape index (κ2) is 4.47. The van der Waals surface area contributed by atoms with E-state index in [0.717, 1.165) is 10.7 Å². The van der Waals surface area contributed by atoms with Gasteiger partial charge in [-0.05, 0) is 0 Å². The van der Waals surface area contributed by atoms with E-state index in [4.69, 9.17) is 10.2 Å². The Morgan fingerprint density at radius 3 is 3.18 bits per heavy atom. The molecule has 0 aliphatic heterocycles. The van der Waals surface area contributed by atoms with Gasteiger partial charge in [0.05, 0.1) is 12.2 Å². The molecule has 0 fully saturated rings. The summed E-state index contributed by atoms with van der Waals surface area (Å²) in [5.41, 5.74) is 6.38. The second-order valence-electron chi connectivity index (χ2n) is 3.28. The summed E-state index contributed by atoms with van der Waals surface area (Å²) in [4.78, 5) is 5.46. The summed E-state index contributed by atoms with van der Waals surface area (Å²) in [5, 5.41) is 10.2. The Labute approximate surface area is 105 Å². The van der Waals surface area contributed by atoms with Crippen LogP contribution in [0, 0.1) is 0 Å². The molecule has 0 unspecified atom stereocenters. The SMILES string of the molecule is NCc1nnc(SCc2cn3ccsc3n2)o1. The number of thioether (sulfide) groups is 1. The molecule has 88 valence electrons. The molecule has 3 aromatic heterocycles. The van der Waals surface area contributed by atoms with Crippen LogP contribution in [0.4, 0.5) is 0 Å². The summed E-state index contributed by atoms with van der Waals surface area (Å²) >= 11 is 3.07. The van der Waals surface area contributed by atoms with Crippen molar-refractivity contribution < 1.29 is 4.42 Å². The van der Waals surface area contributed by atoms with Gasteiger partial charge in [-0.3, -0.25) is 4.40 Å². The Bertz CT molecular complexity index is 599. The van der Waals surface area contributed by atoms with Crippen LogP contribution in [0.15, 0.2) is 27.4 Å². The lowest BCUT2D eigenvalue weighted by Gasteiger charge is -1.90. The van der Waals surface area contributed by atoms with Crippen LogP contribution in [0.2, 0.25) is 0 Å². The highest BCUT2D eigenvalue weighted by atomic mass is 32.2. The Kier molecular flexibility index (Phi) is 2.83. The minimum absolute atomic E-state index is 0.272. The van der Waals surface area contributed by atoms with Crippen LogP contribution >= 0.6 is 23.1 Å². The summed E-state index contributed by atoms with van der Waals surface area (Å²) < 4.78 is 7.29. The Morgan fingerprint density at radius 1 is 1.47 bits per heavy atom. The largest absolute Gasteiger partial charge is 0.415 e. The highest BCUT2D eigenvalue weighted by Crippen LogP contribution is 2.22. The van der Waals surface area contributed by atoms with Gasteiger partial charge in [0, 0.05) is 23.5 Å². The van der Waals surface area contributed by atoms with Gasteiger partial charge in [-0.2, -0.15) is 0 Å². The van der Waals surface area contributed by atoms with Crippen molar-refractivity contribution in [1.82, 2.24) is 19.6 Å². The predicted octanol–water partition coefficient (Wildman–Crippen LogP) is 1.53. The second-order valence-corrected chi connectivity index (χ2v) is 5.08. The van der Waals surface area contributed by atoms with Crippen LogP contribution in [-0.2, 0) is 12.3 Å². The molecule has 0 saturated heterocycles. The molecule has 6 nitrogen and oxygen atoms in total. The molecule has 0 saturated carbocycles. The van der Waals surface area contributed by atoms with Crippen LogP contribution in [0.3, 0.4) is 0 Å². The Hall–Kier alpha value is -1.38. The van der Waals surface area contributed by atoms with E-state index in [1.165, 1.54) is 11.8 Å². The van der Waals surface area contributed by atoms with Crippen LogP contribution in [0.1, 0.15) is 11.6 Å². The zero-order valence-corrected chi connectivity index (χ0v) is 10.4. The summed E-state index contributed by atoms with van der Waals surface area (Å²) in [7, 11) is 0. The third-order valence-corrected chi connectivity index (χ3v) is 3.73. The first kappa shape index (κ1) is 10.8. The van der Waals surface area contributed by atoms with Gasteiger partial charge < -0.3 is 10.2 Å². The number of nitrogens with two attached hydrogens (primary N) is 1. The number of nitrogens with zero attached hydrogens (tertiary/aromatic N) is 4. The van der Waals surface area contributed by atoms with E-state index in [0.29, 0.717) is 16.9 Å². The highest BCUT2D eigenvalue weighted by Gasteiger charge is 2.08. The summed E-state index contributed by atoms with van der Waals surface area (Å²) in [6.45, 7) is 0.272. The van der Waals surface area contributed by atoms with Gasteiger partial charge in [-0.15, -0.1) is 21.5 Å². The number of hydrogen-bond acceptors (Lipinski definition) is 7. The fourth-order valence-electron chi connectivity index (χ4n) is 1.36. The molecular formula is C9H9N5OS2. The molecule has 0 aromatic carbocycles. The van der Waals surface area contributed by atoms with E-state index < -0.39 is 0 Å². The maximum absolute atomic E-state index is 5.39. The number of hydrogen-bond donors (Lipinski definition) is 1. The molecular weight excluding hydrogens is 258 g/mol. The van der Waals surface area contributed by atoms with E-state index in [-0.39, 0.29) is 6.54 Å². The van der Waals surface area contributed by atoms with Gasteiger partial charge in [0.25, 0.3) is 5.22 Å². The van der Waals surface area contributed by atoms with Crippen LogP contribution in [0.25, 0.3) is 4.96 Å². The Morgan fingerprint density at radius 2 is 2.41 bits per heavy atom. The van der Waals surface area contributed by atoms with Crippen molar-refractivity contribution in [2.24, 2.45) is 5.73 Å². The smallest absolute Gasteiger partial charge is 0.277 e. The highest BCUT2D eigenvalue weighted by molar-refractivity contribution is 7.98. The number of rotatable bonds is 4. The van der Waals surface area contributed by atoms with Gasteiger partial charge in [-0.1, -0.05) is 11.8 Å². The molecule has 0 bridgehead atoms. The molecule has 2 N–H and O–H groups in total. The topological polar surface area (TPSA) is 82.2 Å². The normalized spacial score (nSPS) is 11.4. The van der Waals surface area contributed by atoms with E-state index in [1.54, 1.807) is 11.3 Å². The molecule has 0 radical (unpaired) electrons. The molecule has 0 amide bonds. The van der Waals surface area contributed by atoms with Crippen molar-refractivity contribution in [1.29, 1.82) is 0 Å². The monoisotopic (exact) mass is 267 g/mol. The maximum Gasteiger partial charge on any atom is 0.277 e. The molecule has 0 spiro atoms. The van der Waals surface area contributed by atoms with Crippen LogP contribution in [-0.4, -0.2) is 19.6 Å². The van der Waals surface area contributed by atoms with Crippen molar-refractivity contribution >= 4 is 28.1 Å². The standard InChI is InChI=1S/C9H9N5OS2/c10-3-7-12-13-9(15-7)17-5-6-4-14-1-2-16-8(14)11-6/h1-2,4H,3,5,10H2. The van der Waals surface area contributed by atoms with Crippen molar-refractivity contribution in [2.45, 2.75) is 17.5 Å². The third kappa shape index (κ3) is 2.19. The molecule has 0 aliphatic carbocycles. The number of imidazole rings is 1. The first-order valence-corrected chi connectivity index (χ1v) is 6.78. The molecule has 8 heteroatoms. The van der Waals surface area contributed by atoms with Crippen molar-refractivity contribution in [3.8, 4) is 0 Å². The lowest BCUT2D eigenvalue weighted by molar-refractivity contribution is 0.414. The summed E-state index contributed by atoms with van der Waals surface area (Å²) in [6, 6.07) is 0. The fourth-order valence-corrected chi connectivity index (χ4v) is 2.74. The minimum Gasteiger partial charge on any atom is -0.415 e. The zero-order valence-electron chi connectivity index (χ0n) is 8.74. The molecule has 0 aliphatic rings. The van der Waals surface area contributed by atoms with Crippen molar-refractivity contribution in [3.63, 3.8) is 0 Å². The van der Waals surface area contributed by atoms with Gasteiger partial charge in [-0.25, -0.2) is 4.98 Å². The lowest BCUT2D eigenvalue weighted by Crippen LogP contribution is -1.95. The first-order valence-electron chi connectivity index (χ1n) is 4.91. The van der Waals surface area contributed by atoms with E-state index in [2.05, 4.69) is 15.2 Å². The summed E-state index contributed by atoms with van der Waals surface area (Å²) in [6.07, 6.45) is 3.99. The van der Waals surface area contributed by atoms with Crippen LogP contribution < -0.4 is 5.73 Å². The number of fused-ring (bicyclic) bond motifs is 1. The zero-order chi connectivity index (χ0) is 11.7. The summed E-state index contributed by atoms with van der Waals surface area (Å²) in [5.74, 6) is 1.17. The van der Waals surface area contributed by atoms with E-state index in [1.807, 2.05) is 22.2 Å². The molecule has 3 aromatic rings. The fraction of sp³-hybridized carbons (Fsp3) is 0.222. The number of thiazole rings is 1. The van der Waals surface area contributed by atoms with Gasteiger partial charge >= 0.3 is 0 Å².